The molecule has 0 aliphatic carbocycles. The summed E-state index contributed by atoms with van der Waals surface area (Å²) < 4.78 is 0. The first-order valence-corrected chi connectivity index (χ1v) is 8.84. The van der Waals surface area contributed by atoms with Crippen molar-refractivity contribution in [1.29, 1.82) is 0 Å². The lowest BCUT2D eigenvalue weighted by Gasteiger charge is -2.28. The fourth-order valence-electron chi connectivity index (χ4n) is 2.35. The minimum absolute atomic E-state index is 1.09. The number of thioether (sulfide) groups is 2. The number of hydrogen-bond acceptors (Lipinski definition) is 4. The summed E-state index contributed by atoms with van der Waals surface area (Å²) in [5.74, 6) is 0. The van der Waals surface area contributed by atoms with Gasteiger partial charge < -0.3 is 5.32 Å². The van der Waals surface area contributed by atoms with Gasteiger partial charge in [0.15, 0.2) is 0 Å². The van der Waals surface area contributed by atoms with Crippen LogP contribution in [0.1, 0.15) is 11.1 Å². The van der Waals surface area contributed by atoms with Crippen molar-refractivity contribution in [2.75, 3.05) is 38.7 Å². The first kappa shape index (κ1) is 14.3. The highest BCUT2D eigenvalue weighted by molar-refractivity contribution is 7.99. The summed E-state index contributed by atoms with van der Waals surface area (Å²) in [4.78, 5) is 5.40. The summed E-state index contributed by atoms with van der Waals surface area (Å²) in [6.07, 6.45) is 4.34. The van der Waals surface area contributed by atoms with E-state index in [2.05, 4.69) is 41.8 Å². The summed E-state index contributed by atoms with van der Waals surface area (Å²) in [7, 11) is 0. The molecule has 1 N–H and O–H groups in total. The standard InChI is InChI=1S/C14H22N2S2/c1-11-8-14(18-3)12(9-13(11)17-2)10-16-6-4-15-5-7-16/h8-9,15H,4-7,10H2,1-3H3. The highest BCUT2D eigenvalue weighted by atomic mass is 32.2. The smallest absolute Gasteiger partial charge is 0.0246 e. The Morgan fingerprint density at radius 3 is 2.39 bits per heavy atom. The van der Waals surface area contributed by atoms with Crippen molar-refractivity contribution >= 4 is 23.5 Å². The van der Waals surface area contributed by atoms with E-state index < -0.39 is 0 Å². The Kier molecular flexibility index (Phi) is 5.42. The van der Waals surface area contributed by atoms with E-state index in [1.807, 2.05) is 23.5 Å². The summed E-state index contributed by atoms with van der Waals surface area (Å²) in [5.41, 5.74) is 2.88. The van der Waals surface area contributed by atoms with Crippen LogP contribution in [0.25, 0.3) is 0 Å². The van der Waals surface area contributed by atoms with E-state index in [-0.39, 0.29) is 0 Å². The molecule has 0 amide bonds. The van der Waals surface area contributed by atoms with E-state index >= 15 is 0 Å². The Hall–Kier alpha value is -0.160. The monoisotopic (exact) mass is 282 g/mol. The zero-order chi connectivity index (χ0) is 13.0. The molecule has 100 valence electrons. The summed E-state index contributed by atoms with van der Waals surface area (Å²) >= 11 is 3.72. The van der Waals surface area contributed by atoms with Gasteiger partial charge in [-0.1, -0.05) is 0 Å². The maximum absolute atomic E-state index is 3.41. The molecule has 1 aromatic carbocycles. The molecule has 18 heavy (non-hydrogen) atoms. The SMILES string of the molecule is CSc1cc(CN2CCNCC2)c(SC)cc1C. The van der Waals surface area contributed by atoms with Gasteiger partial charge in [0.1, 0.15) is 0 Å². The van der Waals surface area contributed by atoms with Crippen LogP contribution in [0.4, 0.5) is 0 Å². The Morgan fingerprint density at radius 2 is 1.78 bits per heavy atom. The van der Waals surface area contributed by atoms with E-state index in [0.717, 1.165) is 32.7 Å². The molecule has 1 fully saturated rings. The summed E-state index contributed by atoms with van der Waals surface area (Å²) in [6.45, 7) is 7.87. The number of nitrogens with zero attached hydrogens (tertiary/aromatic N) is 1. The zero-order valence-corrected chi connectivity index (χ0v) is 13.1. The Bertz CT molecular complexity index is 401. The number of piperazine rings is 1. The van der Waals surface area contributed by atoms with E-state index in [9.17, 15) is 0 Å². The second-order valence-corrected chi connectivity index (χ2v) is 6.36. The average molecular weight is 282 g/mol. The molecule has 1 saturated heterocycles. The Morgan fingerprint density at radius 1 is 1.11 bits per heavy atom. The van der Waals surface area contributed by atoms with Crippen LogP contribution in [0.15, 0.2) is 21.9 Å². The quantitative estimate of drug-likeness (QED) is 0.854. The van der Waals surface area contributed by atoms with Gasteiger partial charge in [-0.05, 0) is 42.7 Å². The molecule has 1 aliphatic heterocycles. The van der Waals surface area contributed by atoms with Gasteiger partial charge in [0, 0.05) is 42.5 Å². The molecule has 1 heterocycles. The van der Waals surface area contributed by atoms with Crippen LogP contribution in [0, 0.1) is 6.92 Å². The van der Waals surface area contributed by atoms with Crippen LogP contribution >= 0.6 is 23.5 Å². The number of nitrogens with one attached hydrogen (secondary N) is 1. The van der Waals surface area contributed by atoms with Crippen molar-refractivity contribution in [3.8, 4) is 0 Å². The summed E-state index contributed by atoms with van der Waals surface area (Å²) in [6, 6.07) is 4.72. The van der Waals surface area contributed by atoms with Crippen molar-refractivity contribution in [2.45, 2.75) is 23.3 Å². The lowest BCUT2D eigenvalue weighted by molar-refractivity contribution is 0.231. The van der Waals surface area contributed by atoms with Crippen molar-refractivity contribution in [3.63, 3.8) is 0 Å². The molecule has 4 heteroatoms. The lowest BCUT2D eigenvalue weighted by Crippen LogP contribution is -2.42. The fraction of sp³-hybridized carbons (Fsp3) is 0.571. The third kappa shape index (κ3) is 3.44. The molecule has 0 radical (unpaired) electrons. The largest absolute Gasteiger partial charge is 0.314 e. The van der Waals surface area contributed by atoms with E-state index in [0.29, 0.717) is 0 Å². The van der Waals surface area contributed by atoms with Gasteiger partial charge in [-0.3, -0.25) is 4.90 Å². The molecular formula is C14H22N2S2. The molecule has 0 atom stereocenters. The van der Waals surface area contributed by atoms with Crippen LogP contribution in [0.2, 0.25) is 0 Å². The van der Waals surface area contributed by atoms with Gasteiger partial charge in [0.2, 0.25) is 0 Å². The van der Waals surface area contributed by atoms with Crippen LogP contribution in [-0.2, 0) is 6.54 Å². The lowest BCUT2D eigenvalue weighted by atomic mass is 10.1. The van der Waals surface area contributed by atoms with Gasteiger partial charge in [-0.2, -0.15) is 0 Å². The third-order valence-electron chi connectivity index (χ3n) is 3.40. The molecule has 1 aliphatic rings. The third-order valence-corrected chi connectivity index (χ3v) is 5.10. The second-order valence-electron chi connectivity index (χ2n) is 4.66. The highest BCUT2D eigenvalue weighted by Gasteiger charge is 2.13. The maximum atomic E-state index is 3.41. The first-order valence-electron chi connectivity index (χ1n) is 6.39. The second kappa shape index (κ2) is 6.85. The molecule has 0 unspecified atom stereocenters. The van der Waals surface area contributed by atoms with Gasteiger partial charge in [-0.25, -0.2) is 0 Å². The fourth-order valence-corrected chi connectivity index (χ4v) is 3.67. The van der Waals surface area contributed by atoms with E-state index in [1.165, 1.54) is 20.9 Å². The zero-order valence-electron chi connectivity index (χ0n) is 11.5. The number of aryl methyl sites for hydroxylation is 1. The molecule has 0 spiro atoms. The molecule has 0 saturated carbocycles. The number of benzene rings is 1. The minimum atomic E-state index is 1.09. The number of hydrogen-bond donors (Lipinski definition) is 1. The van der Waals surface area contributed by atoms with E-state index in [1.54, 1.807) is 0 Å². The highest BCUT2D eigenvalue weighted by Crippen LogP contribution is 2.30. The van der Waals surface area contributed by atoms with Gasteiger partial charge in [0.05, 0.1) is 0 Å². The molecule has 0 aromatic heterocycles. The van der Waals surface area contributed by atoms with Crippen molar-refractivity contribution in [1.82, 2.24) is 10.2 Å². The topological polar surface area (TPSA) is 15.3 Å². The van der Waals surface area contributed by atoms with E-state index in [4.69, 9.17) is 0 Å². The predicted octanol–water partition coefficient (Wildman–Crippen LogP) is 2.84. The minimum Gasteiger partial charge on any atom is -0.314 e. The molecule has 1 aromatic rings. The molecule has 2 rings (SSSR count). The van der Waals surface area contributed by atoms with Gasteiger partial charge in [-0.15, -0.1) is 23.5 Å². The maximum Gasteiger partial charge on any atom is 0.0246 e. The van der Waals surface area contributed by atoms with Gasteiger partial charge >= 0.3 is 0 Å². The first-order chi connectivity index (χ1) is 8.74. The van der Waals surface area contributed by atoms with Crippen LogP contribution < -0.4 is 5.32 Å². The van der Waals surface area contributed by atoms with Crippen molar-refractivity contribution in [3.05, 3.63) is 23.3 Å². The van der Waals surface area contributed by atoms with Gasteiger partial charge in [0.25, 0.3) is 0 Å². The number of rotatable bonds is 4. The molecule has 2 nitrogen and oxygen atoms in total. The molecular weight excluding hydrogens is 260 g/mol. The Balaban J connectivity index is 2.18. The van der Waals surface area contributed by atoms with Crippen molar-refractivity contribution in [2.24, 2.45) is 0 Å². The van der Waals surface area contributed by atoms with Crippen molar-refractivity contribution < 1.29 is 0 Å². The predicted molar refractivity (Wildman–Crippen MR) is 82.9 cm³/mol. The average Bonchev–Trinajstić information content (AvgIpc) is 2.41. The van der Waals surface area contributed by atoms with Crippen LogP contribution in [0.5, 0.6) is 0 Å². The molecule has 0 bridgehead atoms. The summed E-state index contributed by atoms with van der Waals surface area (Å²) in [5, 5.41) is 3.41. The Labute approximate surface area is 119 Å². The normalized spacial score (nSPS) is 17.1. The van der Waals surface area contributed by atoms with Crippen LogP contribution in [-0.4, -0.2) is 43.6 Å². The van der Waals surface area contributed by atoms with Crippen LogP contribution in [0.3, 0.4) is 0 Å².